The maximum atomic E-state index is 5.81. The number of anilines is 1. The molecule has 0 aliphatic rings. The van der Waals surface area contributed by atoms with Gasteiger partial charge in [-0.3, -0.25) is 0 Å². The lowest BCUT2D eigenvalue weighted by molar-refractivity contribution is 1.63. The molecule has 0 atom stereocenters. The summed E-state index contributed by atoms with van der Waals surface area (Å²) in [6.45, 7) is 0. The average molecular weight is 293 g/mol. The van der Waals surface area contributed by atoms with Gasteiger partial charge in [-0.15, -0.1) is 0 Å². The molecule has 0 spiro atoms. The molecule has 4 aromatic rings. The fourth-order valence-corrected chi connectivity index (χ4v) is 2.83. The molecule has 0 saturated carbocycles. The Morgan fingerprint density at radius 3 is 2.17 bits per heavy atom. The molecular formula is C22H15N. The zero-order valence-electron chi connectivity index (χ0n) is 12.6. The highest BCUT2D eigenvalue weighted by Crippen LogP contribution is 2.25. The van der Waals surface area contributed by atoms with Crippen molar-refractivity contribution in [1.82, 2.24) is 0 Å². The van der Waals surface area contributed by atoms with Gasteiger partial charge in [0.25, 0.3) is 0 Å². The zero-order chi connectivity index (χ0) is 15.6. The van der Waals surface area contributed by atoms with Crippen molar-refractivity contribution in [3.63, 3.8) is 0 Å². The fourth-order valence-electron chi connectivity index (χ4n) is 2.83. The van der Waals surface area contributed by atoms with Gasteiger partial charge in [-0.05, 0) is 57.9 Å². The number of nitrogens with two attached hydrogens (primary N) is 1. The van der Waals surface area contributed by atoms with Crippen LogP contribution in [0.3, 0.4) is 0 Å². The second-order valence-electron chi connectivity index (χ2n) is 5.60. The van der Waals surface area contributed by atoms with Crippen LogP contribution in [0, 0.1) is 11.8 Å². The first-order valence-electron chi connectivity index (χ1n) is 7.59. The Bertz CT molecular complexity index is 1080. The summed E-state index contributed by atoms with van der Waals surface area (Å²) in [5, 5.41) is 4.88. The van der Waals surface area contributed by atoms with Gasteiger partial charge in [0.05, 0.1) is 0 Å². The highest BCUT2D eigenvalue weighted by Gasteiger charge is 2.01. The minimum atomic E-state index is 0.737. The van der Waals surface area contributed by atoms with Crippen LogP contribution in [-0.2, 0) is 0 Å². The molecule has 1 heteroatoms. The van der Waals surface area contributed by atoms with Gasteiger partial charge in [-0.25, -0.2) is 0 Å². The second-order valence-corrected chi connectivity index (χ2v) is 5.60. The highest BCUT2D eigenvalue weighted by atomic mass is 14.5. The van der Waals surface area contributed by atoms with E-state index in [2.05, 4.69) is 66.4 Å². The molecule has 4 rings (SSSR count). The van der Waals surface area contributed by atoms with Crippen molar-refractivity contribution in [1.29, 1.82) is 0 Å². The summed E-state index contributed by atoms with van der Waals surface area (Å²) >= 11 is 0. The summed E-state index contributed by atoms with van der Waals surface area (Å²) in [6.07, 6.45) is 0. The number of benzene rings is 4. The number of hydrogen-bond donors (Lipinski definition) is 1. The number of fused-ring (bicyclic) bond motifs is 2. The van der Waals surface area contributed by atoms with Crippen LogP contribution in [0.2, 0.25) is 0 Å². The lowest BCUT2D eigenvalue weighted by Crippen LogP contribution is -1.85. The first kappa shape index (κ1) is 13.4. The summed E-state index contributed by atoms with van der Waals surface area (Å²) in [4.78, 5) is 0. The first-order valence-corrected chi connectivity index (χ1v) is 7.59. The summed E-state index contributed by atoms with van der Waals surface area (Å²) in [7, 11) is 0. The predicted octanol–water partition coefficient (Wildman–Crippen LogP) is 4.98. The molecule has 0 heterocycles. The van der Waals surface area contributed by atoms with Crippen LogP contribution in [0.15, 0.2) is 78.9 Å². The Morgan fingerprint density at radius 1 is 0.609 bits per heavy atom. The van der Waals surface area contributed by atoms with Gasteiger partial charge in [-0.1, -0.05) is 54.3 Å². The summed E-state index contributed by atoms with van der Waals surface area (Å²) in [5.74, 6) is 6.50. The van der Waals surface area contributed by atoms with Crippen molar-refractivity contribution in [2.24, 2.45) is 0 Å². The van der Waals surface area contributed by atoms with Crippen molar-refractivity contribution in [2.75, 3.05) is 5.73 Å². The van der Waals surface area contributed by atoms with Crippen LogP contribution in [0.1, 0.15) is 11.1 Å². The first-order chi connectivity index (χ1) is 11.3. The van der Waals surface area contributed by atoms with Crippen LogP contribution in [0.4, 0.5) is 5.69 Å². The normalized spacial score (nSPS) is 10.4. The SMILES string of the molecule is Nc1cccc(C#Cc2cccc3cc4ccccc4cc23)c1. The van der Waals surface area contributed by atoms with E-state index in [9.17, 15) is 0 Å². The molecule has 0 fully saturated rings. The second kappa shape index (κ2) is 5.51. The van der Waals surface area contributed by atoms with Crippen LogP contribution in [0.5, 0.6) is 0 Å². The Labute approximate surface area is 135 Å². The van der Waals surface area contributed by atoms with Crippen LogP contribution in [0.25, 0.3) is 21.5 Å². The molecule has 4 aromatic carbocycles. The van der Waals surface area contributed by atoms with E-state index in [4.69, 9.17) is 5.73 Å². The van der Waals surface area contributed by atoms with Gasteiger partial charge in [0.15, 0.2) is 0 Å². The Balaban J connectivity index is 1.89. The quantitative estimate of drug-likeness (QED) is 0.276. The van der Waals surface area contributed by atoms with Gasteiger partial charge < -0.3 is 5.73 Å². The van der Waals surface area contributed by atoms with Crippen molar-refractivity contribution < 1.29 is 0 Å². The maximum Gasteiger partial charge on any atom is 0.0327 e. The van der Waals surface area contributed by atoms with Gasteiger partial charge >= 0.3 is 0 Å². The molecule has 108 valence electrons. The van der Waals surface area contributed by atoms with Crippen molar-refractivity contribution in [3.05, 3.63) is 90.0 Å². The Hall–Kier alpha value is -3.24. The van der Waals surface area contributed by atoms with Gasteiger partial charge in [0, 0.05) is 16.8 Å². The topological polar surface area (TPSA) is 26.0 Å². The van der Waals surface area contributed by atoms with Gasteiger partial charge in [0.1, 0.15) is 0 Å². The summed E-state index contributed by atoms with van der Waals surface area (Å²) in [6, 6.07) is 26.8. The maximum absolute atomic E-state index is 5.81. The monoisotopic (exact) mass is 293 g/mol. The molecule has 0 radical (unpaired) electrons. The van der Waals surface area contributed by atoms with E-state index in [0.717, 1.165) is 16.8 Å². The Morgan fingerprint density at radius 2 is 1.35 bits per heavy atom. The molecule has 0 amide bonds. The van der Waals surface area contributed by atoms with E-state index in [1.54, 1.807) is 0 Å². The molecule has 0 bridgehead atoms. The van der Waals surface area contributed by atoms with Crippen LogP contribution in [-0.4, -0.2) is 0 Å². The average Bonchev–Trinajstić information content (AvgIpc) is 2.58. The third-order valence-corrected chi connectivity index (χ3v) is 3.97. The molecule has 0 saturated heterocycles. The predicted molar refractivity (Wildman–Crippen MR) is 98.3 cm³/mol. The van der Waals surface area contributed by atoms with E-state index in [-0.39, 0.29) is 0 Å². The molecule has 0 aromatic heterocycles. The largest absolute Gasteiger partial charge is 0.399 e. The van der Waals surface area contributed by atoms with E-state index in [0.29, 0.717) is 0 Å². The molecular weight excluding hydrogens is 278 g/mol. The third-order valence-electron chi connectivity index (χ3n) is 3.97. The molecule has 1 nitrogen and oxygen atoms in total. The van der Waals surface area contributed by atoms with Crippen molar-refractivity contribution in [2.45, 2.75) is 0 Å². The minimum absolute atomic E-state index is 0.737. The van der Waals surface area contributed by atoms with Gasteiger partial charge in [0.2, 0.25) is 0 Å². The third kappa shape index (κ3) is 2.63. The number of rotatable bonds is 0. The molecule has 23 heavy (non-hydrogen) atoms. The van der Waals surface area contributed by atoms with E-state index in [1.165, 1.54) is 21.5 Å². The Kier molecular flexibility index (Phi) is 3.22. The summed E-state index contributed by atoms with van der Waals surface area (Å²) in [5.41, 5.74) is 8.52. The fraction of sp³-hybridized carbons (Fsp3) is 0. The summed E-state index contributed by atoms with van der Waals surface area (Å²) < 4.78 is 0. The molecule has 0 aliphatic heterocycles. The van der Waals surface area contributed by atoms with Crippen molar-refractivity contribution in [3.8, 4) is 11.8 Å². The van der Waals surface area contributed by atoms with E-state index < -0.39 is 0 Å². The molecule has 0 unspecified atom stereocenters. The standard InChI is InChI=1S/C22H15N/c23-21-10-3-5-16(13-21)11-12-17-8-4-9-20-14-18-6-1-2-7-19(18)15-22(17)20/h1-10,13-15H,23H2. The van der Waals surface area contributed by atoms with E-state index in [1.807, 2.05) is 24.3 Å². The van der Waals surface area contributed by atoms with Crippen LogP contribution >= 0.6 is 0 Å². The number of hydrogen-bond acceptors (Lipinski definition) is 1. The van der Waals surface area contributed by atoms with E-state index >= 15 is 0 Å². The molecule has 0 aliphatic carbocycles. The highest BCUT2D eigenvalue weighted by molar-refractivity contribution is 6.00. The molecule has 2 N–H and O–H groups in total. The lowest BCUT2D eigenvalue weighted by Gasteiger charge is -2.04. The van der Waals surface area contributed by atoms with Gasteiger partial charge in [-0.2, -0.15) is 0 Å². The van der Waals surface area contributed by atoms with Crippen molar-refractivity contribution >= 4 is 27.2 Å². The van der Waals surface area contributed by atoms with Crippen LogP contribution < -0.4 is 5.73 Å². The number of nitrogen functional groups attached to an aromatic ring is 1. The minimum Gasteiger partial charge on any atom is -0.399 e. The lowest BCUT2D eigenvalue weighted by atomic mass is 10.00. The zero-order valence-corrected chi connectivity index (χ0v) is 12.6. The smallest absolute Gasteiger partial charge is 0.0327 e.